The maximum atomic E-state index is 12.3. The van der Waals surface area contributed by atoms with Crippen LogP contribution in [-0.4, -0.2) is 25.1 Å². The van der Waals surface area contributed by atoms with Crippen molar-refractivity contribution in [3.8, 4) is 5.75 Å². The van der Waals surface area contributed by atoms with Crippen molar-refractivity contribution in [2.24, 2.45) is 0 Å². The predicted octanol–water partition coefficient (Wildman–Crippen LogP) is 4.39. The van der Waals surface area contributed by atoms with Crippen LogP contribution in [-0.2, 0) is 22.4 Å². The van der Waals surface area contributed by atoms with Crippen molar-refractivity contribution in [1.29, 1.82) is 0 Å². The second kappa shape index (κ2) is 8.10. The molecule has 2 aromatic rings. The topological polar surface area (TPSA) is 64.6 Å². The molecule has 26 heavy (non-hydrogen) atoms. The molecule has 1 aromatic carbocycles. The van der Waals surface area contributed by atoms with Crippen LogP contribution in [0.3, 0.4) is 0 Å². The van der Waals surface area contributed by atoms with Gasteiger partial charge in [0.1, 0.15) is 10.8 Å². The van der Waals surface area contributed by atoms with Crippen LogP contribution in [0.25, 0.3) is 0 Å². The van der Waals surface area contributed by atoms with Gasteiger partial charge in [-0.25, -0.2) is 4.79 Å². The summed E-state index contributed by atoms with van der Waals surface area (Å²) < 4.78 is 10.7. The van der Waals surface area contributed by atoms with Gasteiger partial charge in [-0.1, -0.05) is 11.6 Å². The van der Waals surface area contributed by atoms with E-state index < -0.39 is 0 Å². The molecule has 0 spiro atoms. The molecule has 0 unspecified atom stereocenters. The third-order valence-electron chi connectivity index (χ3n) is 4.15. The fourth-order valence-electron chi connectivity index (χ4n) is 2.99. The summed E-state index contributed by atoms with van der Waals surface area (Å²) in [6, 6.07) is 5.22. The van der Waals surface area contributed by atoms with Crippen LogP contribution in [0.5, 0.6) is 5.75 Å². The molecule has 5 nitrogen and oxygen atoms in total. The number of anilines is 1. The van der Waals surface area contributed by atoms with Gasteiger partial charge in [0, 0.05) is 9.90 Å². The van der Waals surface area contributed by atoms with E-state index in [4.69, 9.17) is 21.1 Å². The van der Waals surface area contributed by atoms with Crippen LogP contribution in [0.15, 0.2) is 18.2 Å². The Balaban J connectivity index is 1.70. The lowest BCUT2D eigenvalue weighted by Crippen LogP contribution is -2.21. The van der Waals surface area contributed by atoms with E-state index in [2.05, 4.69) is 5.32 Å². The molecule has 0 saturated heterocycles. The van der Waals surface area contributed by atoms with Gasteiger partial charge in [-0.2, -0.15) is 0 Å². The van der Waals surface area contributed by atoms with Crippen molar-refractivity contribution in [3.05, 3.63) is 44.8 Å². The average Bonchev–Trinajstić information content (AvgIpc) is 3.14. The Kier molecular flexibility index (Phi) is 5.84. The number of amides is 1. The van der Waals surface area contributed by atoms with Crippen molar-refractivity contribution in [2.45, 2.75) is 33.1 Å². The number of hydrogen-bond acceptors (Lipinski definition) is 5. The predicted molar refractivity (Wildman–Crippen MR) is 103 cm³/mol. The van der Waals surface area contributed by atoms with Crippen LogP contribution in [0.2, 0.25) is 5.02 Å². The zero-order valence-corrected chi connectivity index (χ0v) is 16.3. The van der Waals surface area contributed by atoms with Crippen molar-refractivity contribution in [1.82, 2.24) is 0 Å². The number of thiophene rings is 1. The SMILES string of the molecule is CCOC(=O)c1c(NC(=O)COc2ccc(Cl)cc2C)sc2c1CCC2. The van der Waals surface area contributed by atoms with Crippen LogP contribution in [0.4, 0.5) is 5.00 Å². The molecule has 138 valence electrons. The molecular formula is C19H20ClNO4S. The Hall–Kier alpha value is -2.05. The first kappa shape index (κ1) is 18.7. The van der Waals surface area contributed by atoms with Crippen molar-refractivity contribution in [2.75, 3.05) is 18.5 Å². The Morgan fingerprint density at radius 1 is 1.31 bits per heavy atom. The molecule has 0 atom stereocenters. The molecule has 1 heterocycles. The number of carbonyl (C=O) groups is 2. The Labute approximate surface area is 161 Å². The second-order valence-electron chi connectivity index (χ2n) is 6.03. The molecule has 0 saturated carbocycles. The maximum Gasteiger partial charge on any atom is 0.341 e. The summed E-state index contributed by atoms with van der Waals surface area (Å²) in [5.74, 6) is -0.0923. The first-order valence-corrected chi connectivity index (χ1v) is 9.69. The van der Waals surface area contributed by atoms with Gasteiger partial charge >= 0.3 is 5.97 Å². The van der Waals surface area contributed by atoms with E-state index in [1.54, 1.807) is 25.1 Å². The quantitative estimate of drug-likeness (QED) is 0.739. The van der Waals surface area contributed by atoms with Crippen molar-refractivity contribution < 1.29 is 19.1 Å². The normalized spacial score (nSPS) is 12.6. The first-order valence-electron chi connectivity index (χ1n) is 8.50. The monoisotopic (exact) mass is 393 g/mol. The average molecular weight is 394 g/mol. The number of halogens is 1. The molecular weight excluding hydrogens is 374 g/mol. The lowest BCUT2D eigenvalue weighted by atomic mass is 10.1. The minimum absolute atomic E-state index is 0.146. The lowest BCUT2D eigenvalue weighted by molar-refractivity contribution is -0.118. The number of hydrogen-bond donors (Lipinski definition) is 1. The third-order valence-corrected chi connectivity index (χ3v) is 5.59. The van der Waals surface area contributed by atoms with Gasteiger partial charge in [-0.15, -0.1) is 11.3 Å². The van der Waals surface area contributed by atoms with E-state index in [1.807, 2.05) is 6.92 Å². The van der Waals surface area contributed by atoms with Gasteiger partial charge in [0.2, 0.25) is 0 Å². The molecule has 0 bridgehead atoms. The third kappa shape index (κ3) is 4.02. The smallest absolute Gasteiger partial charge is 0.341 e. The molecule has 0 aliphatic heterocycles. The van der Waals surface area contributed by atoms with Crippen LogP contribution in [0.1, 0.15) is 39.7 Å². The van der Waals surface area contributed by atoms with Crippen LogP contribution < -0.4 is 10.1 Å². The van der Waals surface area contributed by atoms with Gasteiger partial charge in [0.25, 0.3) is 5.91 Å². The summed E-state index contributed by atoms with van der Waals surface area (Å²) >= 11 is 7.37. The zero-order chi connectivity index (χ0) is 18.7. The molecule has 0 radical (unpaired) electrons. The largest absolute Gasteiger partial charge is 0.483 e. The molecule has 1 aliphatic carbocycles. The highest BCUT2D eigenvalue weighted by atomic mass is 35.5. The minimum atomic E-state index is -0.378. The lowest BCUT2D eigenvalue weighted by Gasteiger charge is -2.10. The van der Waals surface area contributed by atoms with Gasteiger partial charge in [0.15, 0.2) is 6.61 Å². The summed E-state index contributed by atoms with van der Waals surface area (Å²) in [6.07, 6.45) is 2.81. The summed E-state index contributed by atoms with van der Waals surface area (Å²) in [4.78, 5) is 25.8. The number of ether oxygens (including phenoxy) is 2. The fourth-order valence-corrected chi connectivity index (χ4v) is 4.51. The molecule has 1 aliphatic rings. The summed E-state index contributed by atoms with van der Waals surface area (Å²) in [6.45, 7) is 3.79. The summed E-state index contributed by atoms with van der Waals surface area (Å²) in [5.41, 5.74) is 2.37. The second-order valence-corrected chi connectivity index (χ2v) is 7.57. The molecule has 7 heteroatoms. The molecule has 0 fully saturated rings. The molecule has 1 aromatic heterocycles. The van der Waals surface area contributed by atoms with Gasteiger partial charge < -0.3 is 14.8 Å². The molecule has 3 rings (SSSR count). The Bertz CT molecular complexity index is 846. The number of carbonyl (C=O) groups excluding carboxylic acids is 2. The van der Waals surface area contributed by atoms with Crippen molar-refractivity contribution in [3.63, 3.8) is 0 Å². The van der Waals surface area contributed by atoms with Gasteiger partial charge in [0.05, 0.1) is 12.2 Å². The zero-order valence-electron chi connectivity index (χ0n) is 14.7. The number of fused-ring (bicyclic) bond motifs is 1. The van der Waals surface area contributed by atoms with Gasteiger partial charge in [-0.05, 0) is 62.4 Å². The highest BCUT2D eigenvalue weighted by Crippen LogP contribution is 2.39. The number of rotatable bonds is 6. The number of nitrogens with one attached hydrogen (secondary N) is 1. The molecule has 1 amide bonds. The fraction of sp³-hybridized carbons (Fsp3) is 0.368. The number of benzene rings is 1. The highest BCUT2D eigenvalue weighted by Gasteiger charge is 2.28. The molecule has 1 N–H and O–H groups in total. The highest BCUT2D eigenvalue weighted by molar-refractivity contribution is 7.17. The van der Waals surface area contributed by atoms with E-state index in [1.165, 1.54) is 11.3 Å². The van der Waals surface area contributed by atoms with E-state index in [-0.39, 0.29) is 18.5 Å². The van der Waals surface area contributed by atoms with E-state index in [9.17, 15) is 9.59 Å². The van der Waals surface area contributed by atoms with Crippen molar-refractivity contribution >= 4 is 39.8 Å². The standard InChI is InChI=1S/C19H20ClNO4S/c1-3-24-19(23)17-13-5-4-6-15(13)26-18(17)21-16(22)10-25-14-8-7-12(20)9-11(14)2/h7-9H,3-6,10H2,1-2H3,(H,21,22). The number of aryl methyl sites for hydroxylation is 2. The van der Waals surface area contributed by atoms with E-state index in [0.29, 0.717) is 27.9 Å². The summed E-state index contributed by atoms with van der Waals surface area (Å²) in [7, 11) is 0. The maximum absolute atomic E-state index is 12.3. The first-order chi connectivity index (χ1) is 12.5. The minimum Gasteiger partial charge on any atom is -0.483 e. The Morgan fingerprint density at radius 2 is 2.12 bits per heavy atom. The Morgan fingerprint density at radius 3 is 2.85 bits per heavy atom. The number of esters is 1. The van der Waals surface area contributed by atoms with E-state index >= 15 is 0 Å². The summed E-state index contributed by atoms with van der Waals surface area (Å²) in [5, 5.41) is 3.98. The van der Waals surface area contributed by atoms with Crippen LogP contribution in [0, 0.1) is 6.92 Å². The van der Waals surface area contributed by atoms with Gasteiger partial charge in [-0.3, -0.25) is 4.79 Å². The van der Waals surface area contributed by atoms with Crippen LogP contribution >= 0.6 is 22.9 Å². The van der Waals surface area contributed by atoms with E-state index in [0.717, 1.165) is 35.3 Å².